The Morgan fingerprint density at radius 3 is 1.56 bits per heavy atom. The highest BCUT2D eigenvalue weighted by Crippen LogP contribution is 2.45. The number of carboxylic acid groups (broad SMARTS) is 1. The number of amides is 1. The van der Waals surface area contributed by atoms with Crippen molar-refractivity contribution in [3.05, 3.63) is 0 Å². The Bertz CT molecular complexity index is 822. The van der Waals surface area contributed by atoms with Gasteiger partial charge in [0.2, 0.25) is 0 Å². The molecular formula is C29H51ClN2O7. The largest absolute Gasteiger partial charge is 0.480 e. The van der Waals surface area contributed by atoms with Crippen LogP contribution in [0.4, 0.5) is 4.79 Å². The highest BCUT2D eigenvalue weighted by atomic mass is 35.5. The molecule has 0 unspecified atom stereocenters. The highest BCUT2D eigenvalue weighted by Gasteiger charge is 2.41. The van der Waals surface area contributed by atoms with Crippen LogP contribution in [-0.2, 0) is 19.1 Å². The molecule has 4 aliphatic carbocycles. The van der Waals surface area contributed by atoms with Crippen molar-refractivity contribution in [3.63, 3.8) is 0 Å². The van der Waals surface area contributed by atoms with Crippen LogP contribution in [0.1, 0.15) is 113 Å². The van der Waals surface area contributed by atoms with E-state index in [9.17, 15) is 14.4 Å². The van der Waals surface area contributed by atoms with Crippen molar-refractivity contribution < 1.29 is 34.1 Å². The summed E-state index contributed by atoms with van der Waals surface area (Å²) in [6.45, 7) is 11.4. The number of nitrogens with one attached hydrogen (secondary N) is 2. The fourth-order valence-corrected chi connectivity index (χ4v) is 4.95. The van der Waals surface area contributed by atoms with E-state index >= 15 is 0 Å². The number of aliphatic carboxylic acids is 1. The Kier molecular flexibility index (Phi) is 11.9. The van der Waals surface area contributed by atoms with Gasteiger partial charge in [-0.15, -0.1) is 0 Å². The standard InChI is InChI=1S/C12H20ClNO2.C9H17NO4.C8H14O/c1-12(2,14-13)11(15)16-10-6-9(7-10)8-4-3-5-8;1-8(2,3)14-7(13)10-9(4,5)6(11)12;9-8-4-7(5-8)6-2-1-3-6/h8-10,14H,3-7H2,1-2H3;1-5H3,(H,10,13)(H,11,12);6-9H,1-5H2. The number of carbonyl (C=O) groups is 3. The summed E-state index contributed by atoms with van der Waals surface area (Å²) in [5.41, 5.74) is -2.73. The number of ether oxygens (including phenoxy) is 2. The summed E-state index contributed by atoms with van der Waals surface area (Å²) in [4.78, 5) is 36.0. The third-order valence-corrected chi connectivity index (χ3v) is 8.75. The summed E-state index contributed by atoms with van der Waals surface area (Å²) in [7, 11) is 0. The quantitative estimate of drug-likeness (QED) is 0.229. The molecule has 10 heteroatoms. The van der Waals surface area contributed by atoms with E-state index in [4.69, 9.17) is 31.5 Å². The first kappa shape index (κ1) is 33.6. The molecule has 0 radical (unpaired) electrons. The van der Waals surface area contributed by atoms with Crippen molar-refractivity contribution >= 4 is 29.8 Å². The SMILES string of the molecule is CC(C)(C)OC(=O)NC(C)(C)C(=O)O.CC(C)(NCl)C(=O)OC1CC(C2CCC2)C1.OC1CC(C2CCC2)C1. The van der Waals surface area contributed by atoms with E-state index < -0.39 is 28.7 Å². The second-order valence-corrected chi connectivity index (χ2v) is 14.0. The molecule has 0 saturated heterocycles. The van der Waals surface area contributed by atoms with Gasteiger partial charge in [0.25, 0.3) is 0 Å². The highest BCUT2D eigenvalue weighted by molar-refractivity contribution is 6.15. The van der Waals surface area contributed by atoms with E-state index in [1.807, 2.05) is 0 Å². The molecule has 0 spiro atoms. The first-order chi connectivity index (χ1) is 17.9. The Labute approximate surface area is 239 Å². The normalized spacial score (nSPS) is 26.9. The zero-order valence-corrected chi connectivity index (χ0v) is 25.6. The fourth-order valence-electron chi connectivity index (χ4n) is 4.87. The van der Waals surface area contributed by atoms with Crippen LogP contribution in [0.3, 0.4) is 0 Å². The van der Waals surface area contributed by atoms with Gasteiger partial charge in [0, 0.05) is 0 Å². The Morgan fingerprint density at radius 2 is 1.23 bits per heavy atom. The molecule has 0 aromatic carbocycles. The number of carbonyl (C=O) groups excluding carboxylic acids is 2. The van der Waals surface area contributed by atoms with Crippen molar-refractivity contribution in [1.29, 1.82) is 0 Å². The monoisotopic (exact) mass is 574 g/mol. The van der Waals surface area contributed by atoms with Crippen molar-refractivity contribution in [2.24, 2.45) is 23.7 Å². The van der Waals surface area contributed by atoms with Gasteiger partial charge in [0.15, 0.2) is 0 Å². The minimum absolute atomic E-state index is 0.0654. The number of alkyl carbamates (subject to hydrolysis) is 1. The van der Waals surface area contributed by atoms with Gasteiger partial charge < -0.3 is 25.0 Å². The molecule has 0 aromatic heterocycles. The van der Waals surface area contributed by atoms with Crippen LogP contribution in [-0.4, -0.2) is 57.1 Å². The van der Waals surface area contributed by atoms with Crippen molar-refractivity contribution in [2.75, 3.05) is 0 Å². The van der Waals surface area contributed by atoms with E-state index in [2.05, 4.69) is 10.2 Å². The molecule has 1 amide bonds. The summed E-state index contributed by atoms with van der Waals surface area (Å²) < 4.78 is 10.3. The second kappa shape index (κ2) is 13.9. The zero-order chi connectivity index (χ0) is 29.6. The molecule has 0 heterocycles. The predicted molar refractivity (Wildman–Crippen MR) is 150 cm³/mol. The molecule has 4 N–H and O–H groups in total. The lowest BCUT2D eigenvalue weighted by molar-refractivity contribution is -0.163. The lowest BCUT2D eigenvalue weighted by Crippen LogP contribution is -2.51. The number of aliphatic hydroxyl groups excluding tert-OH is 1. The topological polar surface area (TPSA) is 134 Å². The maximum absolute atomic E-state index is 11.7. The molecule has 0 atom stereocenters. The lowest BCUT2D eigenvalue weighted by Gasteiger charge is -2.44. The van der Waals surface area contributed by atoms with E-state index in [1.54, 1.807) is 34.6 Å². The molecule has 0 bridgehead atoms. The van der Waals surface area contributed by atoms with E-state index in [-0.39, 0.29) is 18.2 Å². The van der Waals surface area contributed by atoms with Gasteiger partial charge in [-0.3, -0.25) is 4.79 Å². The number of carboxylic acids is 1. The molecule has 226 valence electrons. The third kappa shape index (κ3) is 10.7. The number of hydrogen-bond acceptors (Lipinski definition) is 7. The zero-order valence-electron chi connectivity index (χ0n) is 24.8. The smallest absolute Gasteiger partial charge is 0.408 e. The molecule has 39 heavy (non-hydrogen) atoms. The number of hydrogen-bond donors (Lipinski definition) is 4. The van der Waals surface area contributed by atoms with Crippen LogP contribution in [0.2, 0.25) is 0 Å². The molecular weight excluding hydrogens is 524 g/mol. The number of aliphatic hydroxyl groups is 1. The number of halogens is 1. The second-order valence-electron chi connectivity index (χ2n) is 13.8. The first-order valence-electron chi connectivity index (χ1n) is 14.4. The number of rotatable bonds is 7. The molecule has 0 aromatic rings. The third-order valence-electron chi connectivity index (χ3n) is 8.28. The maximum atomic E-state index is 11.7. The Hall–Kier alpha value is -1.58. The number of esters is 1. The van der Waals surface area contributed by atoms with Gasteiger partial charge in [-0.2, -0.15) is 0 Å². The first-order valence-corrected chi connectivity index (χ1v) is 14.8. The van der Waals surface area contributed by atoms with Crippen LogP contribution in [0.25, 0.3) is 0 Å². The average molecular weight is 575 g/mol. The summed E-state index contributed by atoms with van der Waals surface area (Å²) in [6, 6.07) is 0. The summed E-state index contributed by atoms with van der Waals surface area (Å²) in [6.07, 6.45) is 12.2. The van der Waals surface area contributed by atoms with Crippen LogP contribution in [0, 0.1) is 23.7 Å². The Balaban J connectivity index is 0.000000212. The average Bonchev–Trinajstić information content (AvgIpc) is 2.67. The van der Waals surface area contributed by atoms with Gasteiger partial charge in [-0.1, -0.05) is 38.5 Å². The lowest BCUT2D eigenvalue weighted by atomic mass is 9.65. The van der Waals surface area contributed by atoms with Crippen LogP contribution < -0.4 is 10.2 Å². The summed E-state index contributed by atoms with van der Waals surface area (Å²) in [5, 5.41) is 20.0. The minimum atomic E-state index is -1.32. The molecule has 4 rings (SSSR count). The van der Waals surface area contributed by atoms with Gasteiger partial charge >= 0.3 is 18.0 Å². The van der Waals surface area contributed by atoms with E-state index in [1.165, 1.54) is 52.4 Å². The van der Waals surface area contributed by atoms with Crippen LogP contribution >= 0.6 is 11.8 Å². The van der Waals surface area contributed by atoms with Crippen molar-refractivity contribution in [3.8, 4) is 0 Å². The molecule has 4 saturated carbocycles. The van der Waals surface area contributed by atoms with E-state index in [0.717, 1.165) is 49.4 Å². The summed E-state index contributed by atoms with van der Waals surface area (Å²) in [5.74, 6) is 2.28. The maximum Gasteiger partial charge on any atom is 0.408 e. The van der Waals surface area contributed by atoms with Crippen molar-refractivity contribution in [1.82, 2.24) is 10.2 Å². The van der Waals surface area contributed by atoms with Gasteiger partial charge in [0.05, 0.1) is 6.10 Å². The molecule has 4 fully saturated rings. The van der Waals surface area contributed by atoms with Crippen LogP contribution in [0.5, 0.6) is 0 Å². The van der Waals surface area contributed by atoms with Gasteiger partial charge in [0.1, 0.15) is 22.8 Å². The minimum Gasteiger partial charge on any atom is -0.480 e. The fraction of sp³-hybridized carbons (Fsp3) is 0.897. The molecule has 4 aliphatic rings. The molecule has 0 aliphatic heterocycles. The Morgan fingerprint density at radius 1 is 0.769 bits per heavy atom. The van der Waals surface area contributed by atoms with Crippen LogP contribution in [0.15, 0.2) is 0 Å². The van der Waals surface area contributed by atoms with Gasteiger partial charge in [-0.05, 0) is 110 Å². The van der Waals surface area contributed by atoms with Gasteiger partial charge in [-0.25, -0.2) is 14.4 Å². The molecule has 9 nitrogen and oxygen atoms in total. The van der Waals surface area contributed by atoms with Crippen molar-refractivity contribution in [2.45, 2.75) is 142 Å². The predicted octanol–water partition coefficient (Wildman–Crippen LogP) is 5.56. The summed E-state index contributed by atoms with van der Waals surface area (Å²) >= 11 is 5.49. The van der Waals surface area contributed by atoms with E-state index in [0.29, 0.717) is 0 Å².